The molecule has 5 rings (SSSR count). The van der Waals surface area contributed by atoms with Crippen LogP contribution in [0.3, 0.4) is 0 Å². The maximum atomic E-state index is 12.8. The Morgan fingerprint density at radius 3 is 2.88 bits per heavy atom. The van der Waals surface area contributed by atoms with Gasteiger partial charge in [-0.15, -0.1) is 0 Å². The molecule has 1 unspecified atom stereocenters. The fraction of sp³-hybridized carbons (Fsp3) is 0.208. The Kier molecular flexibility index (Phi) is 5.77. The molecule has 7 nitrogen and oxygen atoms in total. The normalized spacial score (nSPS) is 16.2. The number of carbonyl (C=O) groups is 1. The second-order valence-electron chi connectivity index (χ2n) is 7.68. The summed E-state index contributed by atoms with van der Waals surface area (Å²) >= 11 is 3.42. The first kappa shape index (κ1) is 20.5. The van der Waals surface area contributed by atoms with Gasteiger partial charge in [-0.3, -0.25) is 0 Å². The highest BCUT2D eigenvalue weighted by atomic mass is 79.9. The van der Waals surface area contributed by atoms with Crippen LogP contribution in [0.15, 0.2) is 75.8 Å². The monoisotopic (exact) mass is 492 g/mol. The minimum absolute atomic E-state index is 0.0843. The fourth-order valence-electron chi connectivity index (χ4n) is 3.80. The van der Waals surface area contributed by atoms with Gasteiger partial charge in [0, 0.05) is 23.6 Å². The molecule has 0 bridgehead atoms. The molecule has 4 aromatic rings. The molecule has 0 radical (unpaired) electrons. The number of oxazole rings is 1. The van der Waals surface area contributed by atoms with Crippen LogP contribution >= 0.6 is 15.9 Å². The number of amides is 2. The summed E-state index contributed by atoms with van der Waals surface area (Å²) in [6.45, 7) is 1.26. The first-order valence-electron chi connectivity index (χ1n) is 10.4. The fourth-order valence-corrected chi connectivity index (χ4v) is 4.17. The zero-order valence-electron chi connectivity index (χ0n) is 17.2. The van der Waals surface area contributed by atoms with Crippen LogP contribution in [0.1, 0.15) is 24.7 Å². The third kappa shape index (κ3) is 4.60. The molecule has 1 aliphatic rings. The van der Waals surface area contributed by atoms with E-state index >= 15 is 0 Å². The maximum absolute atomic E-state index is 12.8. The molecule has 0 saturated carbocycles. The van der Waals surface area contributed by atoms with Gasteiger partial charge in [0.15, 0.2) is 11.5 Å². The number of urea groups is 1. The van der Waals surface area contributed by atoms with Crippen molar-refractivity contribution >= 4 is 38.7 Å². The number of carbonyl (C=O) groups excluding carboxylic acids is 1. The van der Waals surface area contributed by atoms with Crippen molar-refractivity contribution in [3.05, 3.63) is 77.2 Å². The van der Waals surface area contributed by atoms with Gasteiger partial charge in [-0.05, 0) is 49.2 Å². The molecular weight excluding hydrogens is 472 g/mol. The molecule has 1 atom stereocenters. The number of pyridine rings is 1. The number of nitrogens with one attached hydrogen (secondary N) is 1. The molecular formula is C24H21BrN4O3. The van der Waals surface area contributed by atoms with Crippen molar-refractivity contribution in [1.82, 2.24) is 14.9 Å². The van der Waals surface area contributed by atoms with Gasteiger partial charge in [0.25, 0.3) is 0 Å². The van der Waals surface area contributed by atoms with Crippen LogP contribution in [0.25, 0.3) is 11.1 Å². The molecule has 3 heterocycles. The Labute approximate surface area is 193 Å². The predicted octanol–water partition coefficient (Wildman–Crippen LogP) is 6.19. The van der Waals surface area contributed by atoms with Gasteiger partial charge in [-0.2, -0.15) is 0 Å². The van der Waals surface area contributed by atoms with Crippen molar-refractivity contribution in [3.63, 3.8) is 0 Å². The summed E-state index contributed by atoms with van der Waals surface area (Å²) in [7, 11) is 0. The predicted molar refractivity (Wildman–Crippen MR) is 125 cm³/mol. The van der Waals surface area contributed by atoms with E-state index in [0.717, 1.165) is 28.4 Å². The number of fused-ring (bicyclic) bond motifs is 1. The molecule has 1 N–H and O–H groups in total. The average molecular weight is 493 g/mol. The number of para-hydroxylation sites is 2. The van der Waals surface area contributed by atoms with E-state index in [0.29, 0.717) is 36.3 Å². The number of likely N-dealkylation sites (tertiary alicyclic amines) is 1. The largest absolute Gasteiger partial charge is 0.440 e. The average Bonchev–Trinajstić information content (AvgIpc) is 3.25. The second-order valence-corrected chi connectivity index (χ2v) is 8.60. The van der Waals surface area contributed by atoms with E-state index in [-0.39, 0.29) is 11.9 Å². The first-order valence-corrected chi connectivity index (χ1v) is 11.2. The van der Waals surface area contributed by atoms with Crippen LogP contribution < -0.4 is 10.1 Å². The SMILES string of the molecule is O=C(Nc1ccc(Oc2cccc(Br)c2)nc1)N1CCCC(c2nc3ccccc3o2)C1. The summed E-state index contributed by atoms with van der Waals surface area (Å²) < 4.78 is 12.6. The smallest absolute Gasteiger partial charge is 0.321 e. The number of rotatable bonds is 4. The van der Waals surface area contributed by atoms with Gasteiger partial charge in [0.05, 0.1) is 17.8 Å². The van der Waals surface area contributed by atoms with Crippen LogP contribution in [-0.4, -0.2) is 34.0 Å². The van der Waals surface area contributed by atoms with Crippen molar-refractivity contribution in [3.8, 4) is 11.6 Å². The minimum atomic E-state index is -0.159. The van der Waals surface area contributed by atoms with Crippen LogP contribution in [0.4, 0.5) is 10.5 Å². The quantitative estimate of drug-likeness (QED) is 0.367. The third-order valence-electron chi connectivity index (χ3n) is 5.37. The van der Waals surface area contributed by atoms with Crippen molar-refractivity contribution in [2.75, 3.05) is 18.4 Å². The number of anilines is 1. The number of ether oxygens (including phenoxy) is 1. The van der Waals surface area contributed by atoms with Crippen molar-refractivity contribution in [1.29, 1.82) is 0 Å². The van der Waals surface area contributed by atoms with E-state index in [9.17, 15) is 4.79 Å². The number of aromatic nitrogens is 2. The Balaban J connectivity index is 1.21. The van der Waals surface area contributed by atoms with Crippen LogP contribution in [0.5, 0.6) is 11.6 Å². The number of hydrogen-bond donors (Lipinski definition) is 1. The second kappa shape index (κ2) is 9.00. The molecule has 0 spiro atoms. The standard InChI is InChI=1S/C24H21BrN4O3/c25-17-6-3-7-19(13-17)31-22-11-10-18(14-26-22)27-24(30)29-12-4-5-16(15-29)23-28-20-8-1-2-9-21(20)32-23/h1-3,6-11,13-14,16H,4-5,12,15H2,(H,27,30). The van der Waals surface area contributed by atoms with Gasteiger partial charge < -0.3 is 19.4 Å². The van der Waals surface area contributed by atoms with Gasteiger partial charge in [0.2, 0.25) is 5.88 Å². The minimum Gasteiger partial charge on any atom is -0.440 e. The number of halogens is 1. The molecule has 1 aliphatic heterocycles. The molecule has 162 valence electrons. The van der Waals surface area contributed by atoms with Gasteiger partial charge in [-0.1, -0.05) is 34.1 Å². The molecule has 2 aromatic heterocycles. The Hall–Kier alpha value is -3.39. The van der Waals surface area contributed by atoms with Crippen LogP contribution in [-0.2, 0) is 0 Å². The van der Waals surface area contributed by atoms with Crippen LogP contribution in [0.2, 0.25) is 0 Å². The summed E-state index contributed by atoms with van der Waals surface area (Å²) in [6, 6.07) is 18.6. The summed E-state index contributed by atoms with van der Waals surface area (Å²) in [5, 5.41) is 2.92. The maximum Gasteiger partial charge on any atom is 0.321 e. The highest BCUT2D eigenvalue weighted by Crippen LogP contribution is 2.29. The van der Waals surface area contributed by atoms with E-state index in [1.807, 2.05) is 48.5 Å². The lowest BCUT2D eigenvalue weighted by atomic mass is 9.98. The highest BCUT2D eigenvalue weighted by Gasteiger charge is 2.28. The number of piperidine rings is 1. The van der Waals surface area contributed by atoms with E-state index in [1.165, 1.54) is 0 Å². The summed E-state index contributed by atoms with van der Waals surface area (Å²) in [4.78, 5) is 23.5. The molecule has 2 aromatic carbocycles. The van der Waals surface area contributed by atoms with Crippen molar-refractivity contribution in [2.45, 2.75) is 18.8 Å². The summed E-state index contributed by atoms with van der Waals surface area (Å²) in [5.74, 6) is 1.91. The Bertz CT molecular complexity index is 1210. The van der Waals surface area contributed by atoms with Crippen molar-refractivity contribution in [2.24, 2.45) is 0 Å². The molecule has 2 amide bonds. The highest BCUT2D eigenvalue weighted by molar-refractivity contribution is 9.10. The molecule has 32 heavy (non-hydrogen) atoms. The van der Waals surface area contributed by atoms with Gasteiger partial charge in [0.1, 0.15) is 11.3 Å². The summed E-state index contributed by atoms with van der Waals surface area (Å²) in [6.07, 6.45) is 3.43. The topological polar surface area (TPSA) is 80.5 Å². The molecule has 1 saturated heterocycles. The Morgan fingerprint density at radius 1 is 1.16 bits per heavy atom. The van der Waals surface area contributed by atoms with E-state index in [2.05, 4.69) is 31.2 Å². The van der Waals surface area contributed by atoms with E-state index in [4.69, 9.17) is 9.15 Å². The number of nitrogens with zero attached hydrogens (tertiary/aromatic N) is 3. The number of hydrogen-bond acceptors (Lipinski definition) is 5. The van der Waals surface area contributed by atoms with Gasteiger partial charge >= 0.3 is 6.03 Å². The molecule has 1 fully saturated rings. The van der Waals surface area contributed by atoms with E-state index in [1.54, 1.807) is 23.2 Å². The molecule has 0 aliphatic carbocycles. The third-order valence-corrected chi connectivity index (χ3v) is 5.87. The van der Waals surface area contributed by atoms with Gasteiger partial charge in [-0.25, -0.2) is 14.8 Å². The number of benzene rings is 2. The van der Waals surface area contributed by atoms with Crippen molar-refractivity contribution < 1.29 is 13.9 Å². The lowest BCUT2D eigenvalue weighted by molar-refractivity contribution is 0.187. The van der Waals surface area contributed by atoms with E-state index < -0.39 is 0 Å². The van der Waals surface area contributed by atoms with Crippen LogP contribution in [0, 0.1) is 0 Å². The zero-order valence-corrected chi connectivity index (χ0v) is 18.8. The lowest BCUT2D eigenvalue weighted by Gasteiger charge is -2.31. The lowest BCUT2D eigenvalue weighted by Crippen LogP contribution is -2.41. The molecule has 8 heteroatoms. The first-order chi connectivity index (χ1) is 15.6. The summed E-state index contributed by atoms with van der Waals surface area (Å²) in [5.41, 5.74) is 2.24. The zero-order chi connectivity index (χ0) is 21.9. The Morgan fingerprint density at radius 2 is 2.06 bits per heavy atom.